The number of phosphoric acid groups is 1. The summed E-state index contributed by atoms with van der Waals surface area (Å²) in [4.78, 5) is 35.0. The molecule has 2 unspecified atom stereocenters. The van der Waals surface area contributed by atoms with Gasteiger partial charge in [0.15, 0.2) is 6.10 Å². The van der Waals surface area contributed by atoms with E-state index in [4.69, 9.17) is 24.3 Å². The van der Waals surface area contributed by atoms with Crippen LogP contribution in [0.3, 0.4) is 0 Å². The third-order valence-electron chi connectivity index (χ3n) is 9.84. The average molecular weight is 924 g/mol. The Kier molecular flexibility index (Phi) is 47.1. The Morgan fingerprint density at radius 2 is 0.800 bits per heavy atom. The highest BCUT2D eigenvalue weighted by atomic mass is 31.2. The molecule has 3 N–H and O–H groups in total. The van der Waals surface area contributed by atoms with E-state index in [0.717, 1.165) is 122 Å². The van der Waals surface area contributed by atoms with Crippen LogP contribution in [0, 0.1) is 0 Å². The molecule has 0 aromatic rings. The zero-order valence-corrected chi connectivity index (χ0v) is 41.6. The van der Waals surface area contributed by atoms with Crippen LogP contribution in [-0.2, 0) is 32.7 Å². The molecule has 2 atom stereocenters. The van der Waals surface area contributed by atoms with Crippen molar-refractivity contribution in [2.24, 2.45) is 5.73 Å². The van der Waals surface area contributed by atoms with Crippen LogP contribution < -0.4 is 5.73 Å². The Bertz CT molecular complexity index is 1470. The van der Waals surface area contributed by atoms with Crippen molar-refractivity contribution in [1.82, 2.24) is 0 Å². The number of carbonyl (C=O) groups is 2. The number of allylic oxidation sites excluding steroid dienone is 20. The van der Waals surface area contributed by atoms with Crippen LogP contribution in [0.4, 0.5) is 0 Å². The lowest BCUT2D eigenvalue weighted by atomic mass is 10.1. The molecule has 368 valence electrons. The van der Waals surface area contributed by atoms with Crippen LogP contribution in [0.15, 0.2) is 122 Å². The first-order valence-electron chi connectivity index (χ1n) is 25.0. The summed E-state index contributed by atoms with van der Waals surface area (Å²) in [5, 5.41) is 0. The highest BCUT2D eigenvalue weighted by Crippen LogP contribution is 2.43. The number of unbranched alkanes of at least 4 members (excludes halogenated alkanes) is 12. The quantitative estimate of drug-likeness (QED) is 0.0265. The van der Waals surface area contributed by atoms with Gasteiger partial charge in [-0.25, -0.2) is 4.57 Å². The third kappa shape index (κ3) is 49.7. The second-order valence-corrected chi connectivity index (χ2v) is 17.4. The molecule has 0 radical (unpaired) electrons. The largest absolute Gasteiger partial charge is 0.472 e. The van der Waals surface area contributed by atoms with Gasteiger partial charge in [0, 0.05) is 19.4 Å². The Hall–Kier alpha value is -3.59. The number of nitrogens with two attached hydrogens (primary N) is 1. The molecule has 0 bridgehead atoms. The van der Waals surface area contributed by atoms with Crippen molar-refractivity contribution in [2.75, 3.05) is 26.4 Å². The van der Waals surface area contributed by atoms with Crippen molar-refractivity contribution in [3.8, 4) is 0 Å². The lowest BCUT2D eigenvalue weighted by Crippen LogP contribution is -2.29. The van der Waals surface area contributed by atoms with E-state index in [1.807, 2.05) is 0 Å². The maximum atomic E-state index is 12.7. The molecule has 10 heteroatoms. The maximum absolute atomic E-state index is 12.7. The summed E-state index contributed by atoms with van der Waals surface area (Å²) in [7, 11) is -4.40. The summed E-state index contributed by atoms with van der Waals surface area (Å²) in [5.41, 5.74) is 5.36. The molecule has 0 saturated heterocycles. The lowest BCUT2D eigenvalue weighted by molar-refractivity contribution is -0.161. The standard InChI is InChI=1S/C55H90NO8P/c1-3-5-7-9-11-13-15-17-19-21-22-23-24-25-26-27-28-29-30-32-34-36-38-40-42-44-46-48-55(58)64-53(52-63-65(59,60)62-50-49-56)51-61-54(57)47-45-43-41-39-37-35-33-31-20-18-16-14-12-10-8-6-4-2/h5-8,11-14,17-20,22-23,25-26,28-29,32,34,53H,3-4,9-10,15-16,21,24,27,30-31,33,35-52,56H2,1-2H3,(H,59,60)/b7-5-,8-6-,13-11-,14-12-,19-17-,20-18-,23-22-,26-25-,29-28-,34-32-. The van der Waals surface area contributed by atoms with E-state index < -0.39 is 32.5 Å². The molecule has 0 heterocycles. The number of ether oxygens (including phenoxy) is 2. The first kappa shape index (κ1) is 61.4. The molecular weight excluding hydrogens is 834 g/mol. The van der Waals surface area contributed by atoms with E-state index in [9.17, 15) is 19.0 Å². The van der Waals surface area contributed by atoms with Gasteiger partial charge < -0.3 is 20.1 Å². The Morgan fingerprint density at radius 3 is 1.18 bits per heavy atom. The number of hydrogen-bond donors (Lipinski definition) is 2. The SMILES string of the molecule is CC/C=C\C/C=C\C/C=C\C/C=C\C/C=C\C/C=C\C/C=C\CCCCCCCC(=O)OC(COC(=O)CCCCCCCCC/C=C\C/C=C\C/C=C\CC)COP(=O)(O)OCCN. The number of carbonyl (C=O) groups excluding carboxylic acids is 2. The first-order valence-corrected chi connectivity index (χ1v) is 26.5. The number of rotatable bonds is 45. The normalized spacial score (nSPS) is 14.2. The predicted molar refractivity (Wildman–Crippen MR) is 274 cm³/mol. The van der Waals surface area contributed by atoms with E-state index in [1.54, 1.807) is 0 Å². The molecule has 0 aliphatic heterocycles. The van der Waals surface area contributed by atoms with Crippen LogP contribution in [0.1, 0.15) is 181 Å². The molecular formula is C55H90NO8P. The fourth-order valence-corrected chi connectivity index (χ4v) is 6.98. The van der Waals surface area contributed by atoms with Crippen molar-refractivity contribution < 1.29 is 37.6 Å². The Labute approximate surface area is 396 Å². The number of hydrogen-bond acceptors (Lipinski definition) is 8. The van der Waals surface area contributed by atoms with Gasteiger partial charge in [-0.05, 0) is 103 Å². The van der Waals surface area contributed by atoms with Crippen molar-refractivity contribution in [3.05, 3.63) is 122 Å². The molecule has 0 spiro atoms. The van der Waals surface area contributed by atoms with Crippen LogP contribution in [0.25, 0.3) is 0 Å². The van der Waals surface area contributed by atoms with Crippen LogP contribution in [0.2, 0.25) is 0 Å². The van der Waals surface area contributed by atoms with Crippen molar-refractivity contribution in [1.29, 1.82) is 0 Å². The first-order chi connectivity index (χ1) is 31.8. The summed E-state index contributed by atoms with van der Waals surface area (Å²) in [6, 6.07) is 0. The van der Waals surface area contributed by atoms with Gasteiger partial charge in [-0.15, -0.1) is 0 Å². The predicted octanol–water partition coefficient (Wildman–Crippen LogP) is 15.3. The van der Waals surface area contributed by atoms with Gasteiger partial charge in [-0.2, -0.15) is 0 Å². The summed E-state index contributed by atoms with van der Waals surface area (Å²) in [6.45, 7) is 3.46. The smallest absolute Gasteiger partial charge is 0.462 e. The molecule has 0 amide bonds. The highest BCUT2D eigenvalue weighted by Gasteiger charge is 2.26. The minimum absolute atomic E-state index is 0.0411. The molecule has 9 nitrogen and oxygen atoms in total. The topological polar surface area (TPSA) is 134 Å². The van der Waals surface area contributed by atoms with Crippen molar-refractivity contribution in [2.45, 2.75) is 187 Å². The number of phosphoric ester groups is 1. The summed E-state index contributed by atoms with van der Waals surface area (Å²) in [5.74, 6) is -0.873. The molecule has 0 aliphatic rings. The maximum Gasteiger partial charge on any atom is 0.472 e. The van der Waals surface area contributed by atoms with Crippen LogP contribution in [-0.4, -0.2) is 49.3 Å². The molecule has 0 aromatic heterocycles. The van der Waals surface area contributed by atoms with Gasteiger partial charge in [0.05, 0.1) is 13.2 Å². The summed E-state index contributed by atoms with van der Waals surface area (Å²) < 4.78 is 32.9. The summed E-state index contributed by atoms with van der Waals surface area (Å²) >= 11 is 0. The van der Waals surface area contributed by atoms with Gasteiger partial charge >= 0.3 is 19.8 Å². The van der Waals surface area contributed by atoms with E-state index >= 15 is 0 Å². The van der Waals surface area contributed by atoms with Gasteiger partial charge in [0.2, 0.25) is 0 Å². The number of esters is 2. The third-order valence-corrected chi connectivity index (χ3v) is 10.8. The fraction of sp³-hybridized carbons (Fsp3) is 0.600. The molecule has 0 aromatic carbocycles. The van der Waals surface area contributed by atoms with Gasteiger partial charge in [0.25, 0.3) is 0 Å². The Morgan fingerprint density at radius 1 is 0.462 bits per heavy atom. The second-order valence-electron chi connectivity index (χ2n) is 15.9. The average Bonchev–Trinajstić information content (AvgIpc) is 3.30. The molecule has 0 saturated carbocycles. The van der Waals surface area contributed by atoms with E-state index in [2.05, 4.69) is 135 Å². The van der Waals surface area contributed by atoms with Crippen LogP contribution in [0.5, 0.6) is 0 Å². The highest BCUT2D eigenvalue weighted by molar-refractivity contribution is 7.47. The van der Waals surface area contributed by atoms with E-state index in [0.29, 0.717) is 12.8 Å². The molecule has 0 fully saturated rings. The molecule has 65 heavy (non-hydrogen) atoms. The molecule has 0 aliphatic carbocycles. The van der Waals surface area contributed by atoms with Crippen molar-refractivity contribution >= 4 is 19.8 Å². The van der Waals surface area contributed by atoms with E-state index in [-0.39, 0.29) is 32.6 Å². The minimum Gasteiger partial charge on any atom is -0.462 e. The van der Waals surface area contributed by atoms with E-state index in [1.165, 1.54) is 19.3 Å². The Balaban J connectivity index is 4.16. The monoisotopic (exact) mass is 924 g/mol. The van der Waals surface area contributed by atoms with Gasteiger partial charge in [-0.1, -0.05) is 187 Å². The zero-order chi connectivity index (χ0) is 47.4. The second kappa shape index (κ2) is 49.8. The molecule has 0 rings (SSSR count). The van der Waals surface area contributed by atoms with Crippen molar-refractivity contribution in [3.63, 3.8) is 0 Å². The zero-order valence-electron chi connectivity index (χ0n) is 40.7. The minimum atomic E-state index is -4.40. The summed E-state index contributed by atoms with van der Waals surface area (Å²) in [6.07, 6.45) is 68.0. The van der Waals surface area contributed by atoms with Crippen LogP contribution >= 0.6 is 7.82 Å². The van der Waals surface area contributed by atoms with Gasteiger partial charge in [-0.3, -0.25) is 18.6 Å². The lowest BCUT2D eigenvalue weighted by Gasteiger charge is -2.19. The van der Waals surface area contributed by atoms with Gasteiger partial charge in [0.1, 0.15) is 6.61 Å². The fourth-order valence-electron chi connectivity index (χ4n) is 6.22.